The van der Waals surface area contributed by atoms with Gasteiger partial charge in [0.1, 0.15) is 12.3 Å². The van der Waals surface area contributed by atoms with E-state index in [0.717, 1.165) is 41.1 Å². The molecule has 5 nitrogen and oxygen atoms in total. The van der Waals surface area contributed by atoms with Crippen molar-refractivity contribution in [1.82, 2.24) is 15.1 Å². The fraction of sp³-hybridized carbons (Fsp3) is 0.412. The number of carbonyl (C=O) groups excluding carboxylic acids is 1. The average molecular weight is 353 g/mol. The Bertz CT molecular complexity index is 736. The summed E-state index contributed by atoms with van der Waals surface area (Å²) in [5.41, 5.74) is -0.0534. The van der Waals surface area contributed by atoms with Gasteiger partial charge >= 0.3 is 6.18 Å². The number of halogens is 3. The van der Waals surface area contributed by atoms with E-state index in [1.807, 2.05) is 24.3 Å². The van der Waals surface area contributed by atoms with Crippen molar-refractivity contribution < 1.29 is 22.7 Å². The SMILES string of the molecule is COc1ccc(C(NC(=O)Cn2ccc(C(F)(F)F)n2)C2CC2)cc1. The summed E-state index contributed by atoms with van der Waals surface area (Å²) in [5, 5.41) is 6.31. The highest BCUT2D eigenvalue weighted by Gasteiger charge is 2.35. The van der Waals surface area contributed by atoms with Gasteiger partial charge in [0.25, 0.3) is 0 Å². The number of nitrogens with one attached hydrogen (secondary N) is 1. The molecule has 0 aliphatic heterocycles. The van der Waals surface area contributed by atoms with Crippen LogP contribution in [0, 0.1) is 5.92 Å². The van der Waals surface area contributed by atoms with Crippen LogP contribution in [-0.4, -0.2) is 22.8 Å². The molecule has 0 radical (unpaired) electrons. The number of nitrogens with zero attached hydrogens (tertiary/aromatic N) is 2. The van der Waals surface area contributed by atoms with E-state index in [-0.39, 0.29) is 18.5 Å². The van der Waals surface area contributed by atoms with Crippen molar-refractivity contribution in [3.05, 3.63) is 47.8 Å². The molecule has 0 spiro atoms. The minimum atomic E-state index is -4.51. The van der Waals surface area contributed by atoms with E-state index in [4.69, 9.17) is 4.74 Å². The third-order valence-corrected chi connectivity index (χ3v) is 4.12. The van der Waals surface area contributed by atoms with Gasteiger partial charge in [0.05, 0.1) is 13.2 Å². The number of benzene rings is 1. The molecule has 3 rings (SSSR count). The summed E-state index contributed by atoms with van der Waals surface area (Å²) in [5.74, 6) is 0.700. The van der Waals surface area contributed by atoms with E-state index >= 15 is 0 Å². The normalized spacial score (nSPS) is 15.7. The fourth-order valence-corrected chi connectivity index (χ4v) is 2.68. The molecule has 0 saturated heterocycles. The van der Waals surface area contributed by atoms with E-state index in [9.17, 15) is 18.0 Å². The maximum absolute atomic E-state index is 12.6. The zero-order valence-electron chi connectivity index (χ0n) is 13.6. The van der Waals surface area contributed by atoms with Crippen LogP contribution in [0.1, 0.15) is 30.1 Å². The van der Waals surface area contributed by atoms with Crippen LogP contribution in [0.4, 0.5) is 13.2 Å². The van der Waals surface area contributed by atoms with Gasteiger partial charge in [0.2, 0.25) is 5.91 Å². The molecular formula is C17H18F3N3O2. The van der Waals surface area contributed by atoms with Crippen LogP contribution < -0.4 is 10.1 Å². The van der Waals surface area contributed by atoms with Crippen LogP contribution in [0.15, 0.2) is 36.5 Å². The number of amides is 1. The Balaban J connectivity index is 1.66. The number of alkyl halides is 3. The molecule has 1 aromatic carbocycles. The maximum Gasteiger partial charge on any atom is 0.435 e. The van der Waals surface area contributed by atoms with Gasteiger partial charge in [-0.05, 0) is 42.5 Å². The zero-order valence-corrected chi connectivity index (χ0v) is 13.6. The number of hydrogen-bond acceptors (Lipinski definition) is 3. The fourth-order valence-electron chi connectivity index (χ4n) is 2.68. The van der Waals surface area contributed by atoms with Crippen molar-refractivity contribution in [3.63, 3.8) is 0 Å². The van der Waals surface area contributed by atoms with Crippen LogP contribution in [0.3, 0.4) is 0 Å². The summed E-state index contributed by atoms with van der Waals surface area (Å²) < 4.78 is 43.8. The molecule has 1 fully saturated rings. The van der Waals surface area contributed by atoms with Gasteiger partial charge in [0.15, 0.2) is 5.69 Å². The van der Waals surface area contributed by atoms with E-state index in [1.54, 1.807) is 7.11 Å². The Hall–Kier alpha value is -2.51. The molecule has 1 aliphatic rings. The Morgan fingerprint density at radius 3 is 2.52 bits per heavy atom. The van der Waals surface area contributed by atoms with Crippen molar-refractivity contribution in [3.8, 4) is 5.75 Å². The molecule has 1 N–H and O–H groups in total. The minimum absolute atomic E-state index is 0.156. The van der Waals surface area contributed by atoms with E-state index < -0.39 is 11.9 Å². The predicted octanol–water partition coefficient (Wildman–Crippen LogP) is 3.18. The average Bonchev–Trinajstić information content (AvgIpc) is 3.30. The largest absolute Gasteiger partial charge is 0.497 e. The van der Waals surface area contributed by atoms with Gasteiger partial charge in [-0.3, -0.25) is 9.48 Å². The Morgan fingerprint density at radius 1 is 1.32 bits per heavy atom. The Kier molecular flexibility index (Phi) is 4.69. The lowest BCUT2D eigenvalue weighted by molar-refractivity contribution is -0.141. The summed E-state index contributed by atoms with van der Waals surface area (Å²) in [7, 11) is 1.58. The minimum Gasteiger partial charge on any atom is -0.497 e. The molecule has 1 atom stereocenters. The first-order chi connectivity index (χ1) is 11.9. The van der Waals surface area contributed by atoms with Crippen LogP contribution in [0.5, 0.6) is 5.75 Å². The maximum atomic E-state index is 12.6. The van der Waals surface area contributed by atoms with Gasteiger partial charge in [0, 0.05) is 6.20 Å². The highest BCUT2D eigenvalue weighted by molar-refractivity contribution is 5.76. The lowest BCUT2D eigenvalue weighted by Crippen LogP contribution is -2.33. The topological polar surface area (TPSA) is 56.1 Å². The molecule has 1 amide bonds. The predicted molar refractivity (Wildman–Crippen MR) is 83.8 cm³/mol. The van der Waals surface area contributed by atoms with Crippen molar-refractivity contribution in [2.24, 2.45) is 5.92 Å². The highest BCUT2D eigenvalue weighted by atomic mass is 19.4. The van der Waals surface area contributed by atoms with E-state index in [1.165, 1.54) is 0 Å². The molecule has 25 heavy (non-hydrogen) atoms. The van der Waals surface area contributed by atoms with Gasteiger partial charge in [-0.25, -0.2) is 0 Å². The monoisotopic (exact) mass is 353 g/mol. The second kappa shape index (κ2) is 6.78. The smallest absolute Gasteiger partial charge is 0.435 e. The highest BCUT2D eigenvalue weighted by Crippen LogP contribution is 2.41. The third kappa shape index (κ3) is 4.32. The van der Waals surface area contributed by atoms with Crippen LogP contribution in [0.2, 0.25) is 0 Å². The van der Waals surface area contributed by atoms with Crippen molar-refractivity contribution >= 4 is 5.91 Å². The number of methoxy groups -OCH3 is 1. The quantitative estimate of drug-likeness (QED) is 0.868. The summed E-state index contributed by atoms with van der Waals surface area (Å²) in [6.07, 6.45) is -1.34. The molecule has 1 unspecified atom stereocenters. The molecule has 8 heteroatoms. The van der Waals surface area contributed by atoms with Gasteiger partial charge < -0.3 is 10.1 Å². The van der Waals surface area contributed by atoms with Gasteiger partial charge in [-0.2, -0.15) is 18.3 Å². The molecular weight excluding hydrogens is 335 g/mol. The zero-order chi connectivity index (χ0) is 18.0. The second-order valence-electron chi connectivity index (χ2n) is 6.05. The van der Waals surface area contributed by atoms with Gasteiger partial charge in [-0.15, -0.1) is 0 Å². The van der Waals surface area contributed by atoms with Crippen LogP contribution >= 0.6 is 0 Å². The Morgan fingerprint density at radius 2 is 2.00 bits per heavy atom. The van der Waals surface area contributed by atoms with Crippen molar-refractivity contribution in [1.29, 1.82) is 0 Å². The molecule has 0 bridgehead atoms. The molecule has 1 heterocycles. The second-order valence-corrected chi connectivity index (χ2v) is 6.05. The third-order valence-electron chi connectivity index (χ3n) is 4.12. The van der Waals surface area contributed by atoms with E-state index in [2.05, 4.69) is 10.4 Å². The van der Waals surface area contributed by atoms with Crippen molar-refractivity contribution in [2.75, 3.05) is 7.11 Å². The number of ether oxygens (including phenoxy) is 1. The number of aromatic nitrogens is 2. The molecule has 134 valence electrons. The Labute approximate surface area is 142 Å². The first kappa shape index (κ1) is 17.3. The molecule has 2 aromatic rings. The number of hydrogen-bond donors (Lipinski definition) is 1. The summed E-state index contributed by atoms with van der Waals surface area (Å²) >= 11 is 0. The number of rotatable bonds is 6. The summed E-state index contributed by atoms with van der Waals surface area (Å²) in [4.78, 5) is 12.2. The first-order valence-corrected chi connectivity index (χ1v) is 7.91. The van der Waals surface area contributed by atoms with Gasteiger partial charge in [-0.1, -0.05) is 12.1 Å². The standard InChI is InChI=1S/C17H18F3N3O2/c1-25-13-6-4-12(5-7-13)16(11-2-3-11)21-15(24)10-23-9-8-14(22-23)17(18,19)20/h4-9,11,16H,2-3,10H2,1H3,(H,21,24). The number of carbonyl (C=O) groups is 1. The molecule has 1 aliphatic carbocycles. The lowest BCUT2D eigenvalue weighted by atomic mass is 10.0. The molecule has 1 aromatic heterocycles. The lowest BCUT2D eigenvalue weighted by Gasteiger charge is -2.19. The van der Waals surface area contributed by atoms with Crippen molar-refractivity contribution in [2.45, 2.75) is 31.6 Å². The summed E-state index contributed by atoms with van der Waals surface area (Å²) in [6, 6.07) is 8.11. The summed E-state index contributed by atoms with van der Waals surface area (Å²) in [6.45, 7) is -0.255. The van der Waals surface area contributed by atoms with Crippen LogP contribution in [0.25, 0.3) is 0 Å². The van der Waals surface area contributed by atoms with Crippen LogP contribution in [-0.2, 0) is 17.5 Å². The first-order valence-electron chi connectivity index (χ1n) is 7.91. The van der Waals surface area contributed by atoms with E-state index in [0.29, 0.717) is 5.92 Å². The molecule has 1 saturated carbocycles.